The number of fused-ring (bicyclic) bond motifs is 2. The summed E-state index contributed by atoms with van der Waals surface area (Å²) in [5, 5.41) is 0. The normalized spacial score (nSPS) is 32.5. The van der Waals surface area contributed by atoms with Crippen molar-refractivity contribution in [2.45, 2.75) is 64.0 Å². The molecule has 2 rings (SSSR count). The van der Waals surface area contributed by atoms with Gasteiger partial charge in [0.2, 0.25) is 0 Å². The summed E-state index contributed by atoms with van der Waals surface area (Å²) < 4.78 is 34.6. The lowest BCUT2D eigenvalue weighted by Crippen LogP contribution is -2.50. The Morgan fingerprint density at radius 2 is 2.05 bits per heavy atom. The van der Waals surface area contributed by atoms with Crippen LogP contribution in [0.2, 0.25) is 0 Å². The van der Waals surface area contributed by atoms with Crippen LogP contribution in [0.1, 0.15) is 33.6 Å². The first-order valence-electron chi connectivity index (χ1n) is 6.64. The molecule has 0 radical (unpaired) electrons. The fourth-order valence-electron chi connectivity index (χ4n) is 3.07. The zero-order valence-corrected chi connectivity index (χ0v) is 11.8. The Bertz CT molecular complexity index is 427. The molecule has 20 heavy (non-hydrogen) atoms. The maximum atomic E-state index is 12.3. The van der Waals surface area contributed by atoms with Gasteiger partial charge >= 0.3 is 12.7 Å². The number of hydrogen-bond acceptors (Lipinski definition) is 3. The third kappa shape index (κ3) is 2.88. The van der Waals surface area contributed by atoms with Crippen molar-refractivity contribution in [3.63, 3.8) is 0 Å². The van der Waals surface area contributed by atoms with E-state index in [0.717, 1.165) is 0 Å². The molecule has 112 valence electrons. The maximum absolute atomic E-state index is 12.3. The van der Waals surface area contributed by atoms with Crippen molar-refractivity contribution in [1.29, 1.82) is 0 Å². The Kier molecular flexibility index (Phi) is 3.92. The average Bonchev–Trinajstić information content (AvgIpc) is 2.81. The molecule has 2 aliphatic rings. The zero-order valence-electron chi connectivity index (χ0n) is 11.8. The molecule has 0 aromatic heterocycles. The topological polar surface area (TPSA) is 38.8 Å². The van der Waals surface area contributed by atoms with Gasteiger partial charge < -0.3 is 9.47 Å². The number of terminal acetylenes is 1. The van der Waals surface area contributed by atoms with E-state index in [4.69, 9.17) is 11.2 Å². The Balaban J connectivity index is 2.08. The average molecular weight is 287 g/mol. The summed E-state index contributed by atoms with van der Waals surface area (Å²) in [6, 6.07) is -0.716. The van der Waals surface area contributed by atoms with Crippen LogP contribution in [-0.4, -0.2) is 41.4 Å². The van der Waals surface area contributed by atoms with Crippen LogP contribution in [0.15, 0.2) is 0 Å². The molecule has 2 fully saturated rings. The summed E-state index contributed by atoms with van der Waals surface area (Å²) in [6.45, 7) is 2.50. The van der Waals surface area contributed by atoms with Crippen molar-refractivity contribution < 1.29 is 23.0 Å². The molecule has 0 N–H and O–H groups in total. The largest absolute Gasteiger partial charge is 0.444 e. The highest BCUT2D eigenvalue weighted by atomic mass is 19.3. The molecule has 0 unspecified atom stereocenters. The third-order valence-corrected chi connectivity index (χ3v) is 3.68. The van der Waals surface area contributed by atoms with Gasteiger partial charge in [0.25, 0.3) is 0 Å². The predicted octanol–water partition coefficient (Wildman–Crippen LogP) is 2.63. The van der Waals surface area contributed by atoms with Gasteiger partial charge in [-0.3, -0.25) is 4.90 Å². The van der Waals surface area contributed by atoms with E-state index in [2.05, 4.69) is 10.7 Å². The first kappa shape index (κ1) is 15.0. The Morgan fingerprint density at radius 3 is 2.55 bits per heavy atom. The molecule has 0 aromatic carbocycles. The van der Waals surface area contributed by atoms with Crippen LogP contribution >= 0.6 is 0 Å². The van der Waals surface area contributed by atoms with Gasteiger partial charge in [0.1, 0.15) is 11.6 Å². The number of amides is 1. The molecule has 1 saturated carbocycles. The number of nitrogens with zero attached hydrogens (tertiary/aromatic N) is 1. The Labute approximate surface area is 117 Å². The molecule has 1 saturated heterocycles. The van der Waals surface area contributed by atoms with Gasteiger partial charge in [-0.1, -0.05) is 5.92 Å². The second-order valence-corrected chi connectivity index (χ2v) is 6.22. The van der Waals surface area contributed by atoms with Crippen molar-refractivity contribution in [2.75, 3.05) is 0 Å². The van der Waals surface area contributed by atoms with E-state index in [1.54, 1.807) is 20.8 Å². The standard InChI is InChI=1S/C14H19F2NO3/c1-5-10-9-6-8(7-11(9)19-12(15)16)17(10)13(18)20-14(2,3)4/h1,8-12H,6-7H2,2-4H3/t8-,9-,10+,11+/m1/s1. The quantitative estimate of drug-likeness (QED) is 0.733. The fraction of sp³-hybridized carbons (Fsp3) is 0.786. The van der Waals surface area contributed by atoms with Gasteiger partial charge in [-0.25, -0.2) is 4.79 Å². The summed E-state index contributed by atoms with van der Waals surface area (Å²) in [5.41, 5.74) is -0.614. The molecule has 2 bridgehead atoms. The molecular formula is C14H19F2NO3. The number of rotatable bonds is 2. The zero-order chi connectivity index (χ0) is 15.1. The second kappa shape index (κ2) is 5.21. The van der Waals surface area contributed by atoms with Crippen LogP contribution in [0.5, 0.6) is 0 Å². The highest BCUT2D eigenvalue weighted by Gasteiger charge is 2.54. The number of hydrogen-bond donors (Lipinski definition) is 0. The van der Waals surface area contributed by atoms with Crippen molar-refractivity contribution in [3.8, 4) is 12.3 Å². The van der Waals surface area contributed by atoms with E-state index in [1.165, 1.54) is 4.90 Å². The van der Waals surface area contributed by atoms with Gasteiger partial charge in [0.05, 0.1) is 6.10 Å². The number of carbonyl (C=O) groups is 1. The molecule has 1 aliphatic carbocycles. The lowest BCUT2D eigenvalue weighted by atomic mass is 9.96. The molecule has 0 spiro atoms. The number of ether oxygens (including phenoxy) is 2. The van der Waals surface area contributed by atoms with Crippen molar-refractivity contribution in [1.82, 2.24) is 4.90 Å². The Morgan fingerprint density at radius 1 is 1.40 bits per heavy atom. The number of piperidine rings is 1. The molecule has 1 amide bonds. The highest BCUT2D eigenvalue weighted by molar-refractivity contribution is 5.70. The fourth-order valence-corrected chi connectivity index (χ4v) is 3.07. The van der Waals surface area contributed by atoms with E-state index in [-0.39, 0.29) is 12.0 Å². The van der Waals surface area contributed by atoms with Gasteiger partial charge in [-0.05, 0) is 33.6 Å². The smallest absolute Gasteiger partial charge is 0.411 e. The van der Waals surface area contributed by atoms with E-state index < -0.39 is 30.5 Å². The van der Waals surface area contributed by atoms with Crippen LogP contribution in [0.3, 0.4) is 0 Å². The SMILES string of the molecule is C#C[C@H]1[C@H]2C[C@H](C[C@@H]2OC(F)F)N1C(=O)OC(C)(C)C. The summed E-state index contributed by atoms with van der Waals surface area (Å²) in [5.74, 6) is 2.27. The lowest BCUT2D eigenvalue weighted by molar-refractivity contribution is -0.178. The Hall–Kier alpha value is -1.35. The number of carbonyl (C=O) groups excluding carboxylic acids is 1. The van der Waals surface area contributed by atoms with E-state index in [0.29, 0.717) is 12.8 Å². The minimum absolute atomic E-state index is 0.181. The number of likely N-dealkylation sites (tertiary alicyclic amines) is 1. The third-order valence-electron chi connectivity index (χ3n) is 3.68. The van der Waals surface area contributed by atoms with Gasteiger partial charge in [-0.15, -0.1) is 6.42 Å². The second-order valence-electron chi connectivity index (χ2n) is 6.22. The van der Waals surface area contributed by atoms with Crippen molar-refractivity contribution in [2.24, 2.45) is 5.92 Å². The minimum Gasteiger partial charge on any atom is -0.444 e. The molecule has 1 aliphatic heterocycles. The summed E-state index contributed by atoms with van der Waals surface area (Å²) in [6.07, 6.45) is 5.37. The summed E-state index contributed by atoms with van der Waals surface area (Å²) >= 11 is 0. The minimum atomic E-state index is -2.81. The molecule has 1 heterocycles. The molecule has 4 nitrogen and oxygen atoms in total. The van der Waals surface area contributed by atoms with Crippen LogP contribution < -0.4 is 0 Å². The number of alkyl halides is 2. The molecule has 4 atom stereocenters. The van der Waals surface area contributed by atoms with Crippen molar-refractivity contribution in [3.05, 3.63) is 0 Å². The maximum Gasteiger partial charge on any atom is 0.411 e. The lowest BCUT2D eigenvalue weighted by Gasteiger charge is -2.36. The monoisotopic (exact) mass is 287 g/mol. The van der Waals surface area contributed by atoms with Crippen LogP contribution in [0, 0.1) is 18.3 Å². The predicted molar refractivity (Wildman–Crippen MR) is 68.1 cm³/mol. The molecular weight excluding hydrogens is 268 g/mol. The van der Waals surface area contributed by atoms with E-state index in [9.17, 15) is 13.6 Å². The van der Waals surface area contributed by atoms with E-state index in [1.807, 2.05) is 0 Å². The van der Waals surface area contributed by atoms with Gasteiger partial charge in [-0.2, -0.15) is 8.78 Å². The first-order chi connectivity index (χ1) is 9.23. The van der Waals surface area contributed by atoms with E-state index >= 15 is 0 Å². The first-order valence-corrected chi connectivity index (χ1v) is 6.64. The highest BCUT2D eigenvalue weighted by Crippen LogP contribution is 2.44. The van der Waals surface area contributed by atoms with Crippen LogP contribution in [-0.2, 0) is 9.47 Å². The van der Waals surface area contributed by atoms with Gasteiger partial charge in [0, 0.05) is 12.0 Å². The summed E-state index contributed by atoms with van der Waals surface area (Å²) in [7, 11) is 0. The number of halogens is 2. The summed E-state index contributed by atoms with van der Waals surface area (Å²) in [4.78, 5) is 13.7. The van der Waals surface area contributed by atoms with Gasteiger partial charge in [0.15, 0.2) is 0 Å². The molecule has 6 heteroatoms. The van der Waals surface area contributed by atoms with Crippen LogP contribution in [0.25, 0.3) is 0 Å². The molecule has 0 aromatic rings. The van der Waals surface area contributed by atoms with Crippen molar-refractivity contribution >= 4 is 6.09 Å². The van der Waals surface area contributed by atoms with Crippen LogP contribution in [0.4, 0.5) is 13.6 Å².